The summed E-state index contributed by atoms with van der Waals surface area (Å²) in [6, 6.07) is -0.632. The number of nitrogens with one attached hydrogen (secondary N) is 1. The van der Waals surface area contributed by atoms with Gasteiger partial charge in [-0.2, -0.15) is 0 Å². The second-order valence-corrected chi connectivity index (χ2v) is 20.0. The van der Waals surface area contributed by atoms with Crippen LogP contribution >= 0.6 is 0 Å². The second-order valence-electron chi connectivity index (χ2n) is 20.0. The number of rotatable bonds is 54. The lowest BCUT2D eigenvalue weighted by Crippen LogP contribution is -2.45. The van der Waals surface area contributed by atoms with Gasteiger partial charge in [-0.1, -0.05) is 269 Å². The molecule has 0 aliphatic heterocycles. The Labute approximate surface area is 405 Å². The number of allylic oxidation sites excluding steroid dienone is 3. The van der Waals surface area contributed by atoms with Gasteiger partial charge in [0.15, 0.2) is 0 Å². The van der Waals surface area contributed by atoms with Crippen LogP contribution in [-0.4, -0.2) is 47.4 Å². The summed E-state index contributed by atoms with van der Waals surface area (Å²) in [5.74, 6) is -0.0641. The van der Waals surface area contributed by atoms with Crippen molar-refractivity contribution < 1.29 is 24.5 Å². The number of unbranched alkanes of at least 4 members (excludes halogenated alkanes) is 41. The lowest BCUT2D eigenvalue weighted by molar-refractivity contribution is -0.143. The normalized spacial score (nSPS) is 12.7. The van der Waals surface area contributed by atoms with E-state index in [0.717, 1.165) is 44.9 Å². The molecule has 65 heavy (non-hydrogen) atoms. The molecular formula is C59H113NO5. The van der Waals surface area contributed by atoms with Crippen molar-refractivity contribution in [2.75, 3.05) is 13.2 Å². The summed E-state index contributed by atoms with van der Waals surface area (Å²) in [4.78, 5) is 24.4. The van der Waals surface area contributed by atoms with Crippen LogP contribution in [0.15, 0.2) is 24.3 Å². The molecule has 0 rings (SSSR count). The van der Waals surface area contributed by atoms with E-state index in [1.54, 1.807) is 6.08 Å². The van der Waals surface area contributed by atoms with Crippen molar-refractivity contribution in [3.63, 3.8) is 0 Å². The van der Waals surface area contributed by atoms with Crippen molar-refractivity contribution >= 4 is 11.9 Å². The SMILES string of the molecule is CCCCCCCCCCCCCC/C=C/C(O)C(CO)NC(=O)CCCCCCCCC/C=C\CCCCCCCCCCCCCOC(=O)CCCCCCCCCCCCCC. The minimum Gasteiger partial charge on any atom is -0.466 e. The summed E-state index contributed by atoms with van der Waals surface area (Å²) < 4.78 is 5.47. The predicted molar refractivity (Wildman–Crippen MR) is 283 cm³/mol. The number of ether oxygens (including phenoxy) is 1. The van der Waals surface area contributed by atoms with Crippen LogP contribution in [0.2, 0.25) is 0 Å². The standard InChI is InChI=1S/C59H113NO5/c1-3-5-7-9-11-13-15-17-28-31-35-39-43-47-51-57(62)56(55-61)60-58(63)52-48-44-40-36-32-29-26-24-22-20-18-19-21-23-25-27-30-34-38-42-46-50-54-65-59(64)53-49-45-41-37-33-16-14-12-10-8-6-4-2/h20,22,47,51,56-57,61-62H,3-19,21,23-46,48-50,52-55H2,1-2H3,(H,60,63)/b22-20-,51-47+. The Kier molecular flexibility index (Phi) is 53.5. The van der Waals surface area contributed by atoms with Crippen LogP contribution in [0.3, 0.4) is 0 Å². The summed E-state index contributed by atoms with van der Waals surface area (Å²) in [6.45, 7) is 4.90. The highest BCUT2D eigenvalue weighted by Gasteiger charge is 2.18. The van der Waals surface area contributed by atoms with Crippen LogP contribution in [0.5, 0.6) is 0 Å². The molecular weight excluding hydrogens is 803 g/mol. The van der Waals surface area contributed by atoms with Crippen LogP contribution in [0, 0.1) is 0 Å². The minimum atomic E-state index is -0.848. The van der Waals surface area contributed by atoms with Gasteiger partial charge in [0.1, 0.15) is 0 Å². The summed E-state index contributed by atoms with van der Waals surface area (Å²) >= 11 is 0. The highest BCUT2D eigenvalue weighted by Crippen LogP contribution is 2.17. The fraction of sp³-hybridized carbons (Fsp3) is 0.898. The zero-order chi connectivity index (χ0) is 47.2. The molecule has 384 valence electrons. The number of carbonyl (C=O) groups excluding carboxylic acids is 2. The van der Waals surface area contributed by atoms with Crippen molar-refractivity contribution in [3.05, 3.63) is 24.3 Å². The predicted octanol–water partition coefficient (Wildman–Crippen LogP) is 17.9. The van der Waals surface area contributed by atoms with E-state index in [-0.39, 0.29) is 18.5 Å². The van der Waals surface area contributed by atoms with Gasteiger partial charge < -0.3 is 20.3 Å². The first kappa shape index (κ1) is 63.3. The van der Waals surface area contributed by atoms with Gasteiger partial charge in [-0.3, -0.25) is 9.59 Å². The van der Waals surface area contributed by atoms with E-state index in [0.29, 0.717) is 19.4 Å². The molecule has 0 aromatic carbocycles. The average Bonchev–Trinajstić information content (AvgIpc) is 3.31. The molecule has 0 radical (unpaired) electrons. The minimum absolute atomic E-state index is 0.0101. The maximum absolute atomic E-state index is 12.4. The maximum atomic E-state index is 12.4. The van der Waals surface area contributed by atoms with Crippen LogP contribution in [-0.2, 0) is 14.3 Å². The molecule has 0 heterocycles. The highest BCUT2D eigenvalue weighted by molar-refractivity contribution is 5.76. The van der Waals surface area contributed by atoms with Crippen molar-refractivity contribution in [1.29, 1.82) is 0 Å². The van der Waals surface area contributed by atoms with E-state index in [1.165, 1.54) is 244 Å². The lowest BCUT2D eigenvalue weighted by atomic mass is 10.0. The van der Waals surface area contributed by atoms with Crippen molar-refractivity contribution in [2.24, 2.45) is 0 Å². The molecule has 2 atom stereocenters. The zero-order valence-corrected chi connectivity index (χ0v) is 43.7. The number of amides is 1. The molecule has 0 aliphatic carbocycles. The summed E-state index contributed by atoms with van der Waals surface area (Å²) in [5.41, 5.74) is 0. The molecule has 0 bridgehead atoms. The van der Waals surface area contributed by atoms with Gasteiger partial charge in [0.25, 0.3) is 0 Å². The average molecular weight is 917 g/mol. The number of hydrogen-bond donors (Lipinski definition) is 3. The van der Waals surface area contributed by atoms with E-state index in [2.05, 4.69) is 31.3 Å². The molecule has 1 amide bonds. The third kappa shape index (κ3) is 51.6. The Morgan fingerprint density at radius 3 is 1.09 bits per heavy atom. The first-order chi connectivity index (χ1) is 32.0. The number of esters is 1. The molecule has 6 heteroatoms. The summed E-state index contributed by atoms with van der Waals surface area (Å²) in [5, 5.41) is 23.1. The van der Waals surface area contributed by atoms with E-state index in [9.17, 15) is 19.8 Å². The van der Waals surface area contributed by atoms with Crippen molar-refractivity contribution in [3.8, 4) is 0 Å². The third-order valence-corrected chi connectivity index (χ3v) is 13.5. The summed E-state index contributed by atoms with van der Waals surface area (Å²) in [7, 11) is 0. The second kappa shape index (κ2) is 54.9. The molecule has 0 aliphatic rings. The molecule has 0 aromatic rings. The lowest BCUT2D eigenvalue weighted by Gasteiger charge is -2.20. The van der Waals surface area contributed by atoms with Gasteiger partial charge in [0.2, 0.25) is 5.91 Å². The van der Waals surface area contributed by atoms with Crippen molar-refractivity contribution in [1.82, 2.24) is 5.32 Å². The van der Waals surface area contributed by atoms with E-state index in [4.69, 9.17) is 4.74 Å². The molecule has 3 N–H and O–H groups in total. The quantitative estimate of drug-likeness (QED) is 0.0321. The van der Waals surface area contributed by atoms with Gasteiger partial charge in [0.05, 0.1) is 25.4 Å². The Morgan fingerprint density at radius 2 is 0.723 bits per heavy atom. The van der Waals surface area contributed by atoms with Gasteiger partial charge in [-0.25, -0.2) is 0 Å². The monoisotopic (exact) mass is 916 g/mol. The molecule has 0 saturated heterocycles. The summed E-state index contributed by atoms with van der Waals surface area (Å²) in [6.07, 6.45) is 66.3. The van der Waals surface area contributed by atoms with Crippen LogP contribution in [0.1, 0.15) is 316 Å². The topological polar surface area (TPSA) is 95.9 Å². The zero-order valence-electron chi connectivity index (χ0n) is 43.7. The van der Waals surface area contributed by atoms with Gasteiger partial charge >= 0.3 is 5.97 Å². The number of aliphatic hydroxyl groups excluding tert-OH is 2. The smallest absolute Gasteiger partial charge is 0.305 e. The Hall–Kier alpha value is -1.66. The molecule has 0 fully saturated rings. The van der Waals surface area contributed by atoms with Crippen LogP contribution in [0.25, 0.3) is 0 Å². The number of carbonyl (C=O) groups is 2. The molecule has 2 unspecified atom stereocenters. The van der Waals surface area contributed by atoms with Crippen molar-refractivity contribution in [2.45, 2.75) is 328 Å². The van der Waals surface area contributed by atoms with E-state index < -0.39 is 12.1 Å². The maximum Gasteiger partial charge on any atom is 0.305 e. The largest absolute Gasteiger partial charge is 0.466 e. The first-order valence-corrected chi connectivity index (χ1v) is 29.1. The molecule has 6 nitrogen and oxygen atoms in total. The van der Waals surface area contributed by atoms with Gasteiger partial charge in [-0.05, 0) is 57.8 Å². The van der Waals surface area contributed by atoms with E-state index >= 15 is 0 Å². The third-order valence-electron chi connectivity index (χ3n) is 13.5. The first-order valence-electron chi connectivity index (χ1n) is 29.1. The molecule has 0 spiro atoms. The van der Waals surface area contributed by atoms with Crippen LogP contribution < -0.4 is 5.32 Å². The van der Waals surface area contributed by atoms with Gasteiger partial charge in [-0.15, -0.1) is 0 Å². The fourth-order valence-corrected chi connectivity index (χ4v) is 8.98. The number of hydrogen-bond acceptors (Lipinski definition) is 5. The van der Waals surface area contributed by atoms with Gasteiger partial charge in [0, 0.05) is 12.8 Å². The van der Waals surface area contributed by atoms with E-state index in [1.807, 2.05) is 6.08 Å². The molecule has 0 saturated carbocycles. The fourth-order valence-electron chi connectivity index (χ4n) is 8.98. The number of aliphatic hydroxyl groups is 2. The Balaban J connectivity index is 3.44. The highest BCUT2D eigenvalue weighted by atomic mass is 16.5. The molecule has 0 aromatic heterocycles. The Morgan fingerprint density at radius 1 is 0.415 bits per heavy atom. The van der Waals surface area contributed by atoms with Crippen LogP contribution in [0.4, 0.5) is 0 Å². The Bertz CT molecular complexity index is 1010.